The minimum Gasteiger partial charge on any atom is -0.481 e. The number of nitrogens with zero attached hydrogens (tertiary/aromatic N) is 1. The van der Waals surface area contributed by atoms with Crippen molar-refractivity contribution in [2.75, 3.05) is 0 Å². The van der Waals surface area contributed by atoms with Crippen LogP contribution in [0.15, 0.2) is 33.0 Å². The Morgan fingerprint density at radius 3 is 2.11 bits per heavy atom. The third-order valence-corrected chi connectivity index (χ3v) is 8.96. The maximum Gasteiger partial charge on any atom is 0.306 e. The molecule has 2 amide bonds. The van der Waals surface area contributed by atoms with Gasteiger partial charge in [0.25, 0.3) is 11.8 Å². The first-order valence-electron chi connectivity index (χ1n) is 15.3. The van der Waals surface area contributed by atoms with Crippen LogP contribution in [0.3, 0.4) is 0 Å². The average molecular weight is 615 g/mol. The van der Waals surface area contributed by atoms with E-state index in [-0.39, 0.29) is 30.6 Å². The van der Waals surface area contributed by atoms with Gasteiger partial charge in [-0.25, -0.2) is 4.99 Å². The maximum absolute atomic E-state index is 12.4. The van der Waals surface area contributed by atoms with Gasteiger partial charge >= 0.3 is 11.9 Å². The van der Waals surface area contributed by atoms with Crippen molar-refractivity contribution in [1.29, 1.82) is 0 Å². The van der Waals surface area contributed by atoms with Gasteiger partial charge in [-0.3, -0.25) is 19.2 Å². The predicted octanol–water partition coefficient (Wildman–Crippen LogP) is 4.32. The normalized spacial score (nSPS) is 18.4. The number of rotatable bonds is 11. The van der Waals surface area contributed by atoms with Crippen molar-refractivity contribution in [2.24, 2.45) is 10.9 Å². The molecular weight excluding hydrogens is 572 g/mol. The summed E-state index contributed by atoms with van der Waals surface area (Å²) in [6.07, 6.45) is 7.11. The van der Waals surface area contributed by atoms with E-state index < -0.39 is 17.9 Å². The van der Waals surface area contributed by atoms with Gasteiger partial charge in [-0.1, -0.05) is 27.7 Å². The number of hydrogen-bond donors (Lipinski definition) is 5. The minimum absolute atomic E-state index is 0.0868. The van der Waals surface area contributed by atoms with E-state index in [4.69, 9.17) is 0 Å². The van der Waals surface area contributed by atoms with Crippen LogP contribution in [0, 0.1) is 19.8 Å². The second-order valence-electron chi connectivity index (χ2n) is 12.0. The minimum atomic E-state index is -0.922. The van der Waals surface area contributed by atoms with Crippen LogP contribution in [-0.2, 0) is 25.6 Å². The van der Waals surface area contributed by atoms with Crippen LogP contribution in [0.5, 0.6) is 0 Å². The monoisotopic (exact) mass is 614 g/mol. The summed E-state index contributed by atoms with van der Waals surface area (Å²) in [5, 5.41) is 23.7. The molecule has 0 spiro atoms. The van der Waals surface area contributed by atoms with Crippen molar-refractivity contribution in [1.82, 2.24) is 15.3 Å². The Kier molecular flexibility index (Phi) is 9.65. The largest absolute Gasteiger partial charge is 0.481 e. The number of aliphatic carboxylic acids is 2. The lowest BCUT2D eigenvalue weighted by atomic mass is 9.93. The van der Waals surface area contributed by atoms with Crippen LogP contribution in [0.4, 0.5) is 0 Å². The van der Waals surface area contributed by atoms with E-state index in [9.17, 15) is 29.4 Å². The molecule has 2 aromatic rings. The zero-order chi connectivity index (χ0) is 33.3. The molecule has 0 bridgehead atoms. The molecule has 5 N–H and O–H groups in total. The van der Waals surface area contributed by atoms with E-state index in [1.54, 1.807) is 20.8 Å². The highest BCUT2D eigenvalue weighted by atomic mass is 16.4. The highest BCUT2D eigenvalue weighted by Crippen LogP contribution is 2.32. The van der Waals surface area contributed by atoms with Gasteiger partial charge in [-0.2, -0.15) is 0 Å². The fraction of sp³-hybridized carbons (Fsp3) is 0.400. The Labute approximate surface area is 262 Å². The Morgan fingerprint density at radius 2 is 1.51 bits per heavy atom. The van der Waals surface area contributed by atoms with Gasteiger partial charge in [-0.15, -0.1) is 0 Å². The lowest BCUT2D eigenvalue weighted by Crippen LogP contribution is -2.18. The van der Waals surface area contributed by atoms with E-state index >= 15 is 0 Å². The van der Waals surface area contributed by atoms with Crippen LogP contribution in [0.1, 0.15) is 100 Å². The second kappa shape index (κ2) is 13.1. The molecule has 0 unspecified atom stereocenters. The number of H-pyrrole nitrogens is 2. The van der Waals surface area contributed by atoms with Crippen molar-refractivity contribution in [2.45, 2.75) is 87.0 Å². The Balaban J connectivity index is 1.98. The molecule has 0 aromatic carbocycles. The van der Waals surface area contributed by atoms with Crippen molar-refractivity contribution >= 4 is 47.7 Å². The maximum atomic E-state index is 12.4. The first-order valence-corrected chi connectivity index (χ1v) is 15.3. The summed E-state index contributed by atoms with van der Waals surface area (Å²) in [7, 11) is 0. The van der Waals surface area contributed by atoms with Crippen molar-refractivity contribution < 1.29 is 29.4 Å². The molecule has 0 saturated carbocycles. The molecule has 45 heavy (non-hydrogen) atoms. The Morgan fingerprint density at radius 1 is 0.844 bits per heavy atom. The average Bonchev–Trinajstić information content (AvgIpc) is 3.61. The third kappa shape index (κ3) is 6.55. The number of carboxylic acid groups (broad SMARTS) is 2. The van der Waals surface area contributed by atoms with Crippen LogP contribution < -0.4 is 16.0 Å². The number of allylic oxidation sites excluding steroid dienone is 2. The number of carbonyl (C=O) groups is 4. The molecule has 0 aliphatic carbocycles. The predicted molar refractivity (Wildman–Crippen MR) is 174 cm³/mol. The fourth-order valence-corrected chi connectivity index (χ4v) is 6.30. The Hall–Kier alpha value is -4.73. The van der Waals surface area contributed by atoms with Crippen LogP contribution >= 0.6 is 0 Å². The molecule has 2 aromatic heterocycles. The number of aromatic amines is 2. The highest BCUT2D eigenvalue weighted by molar-refractivity contribution is 6.30. The third-order valence-electron chi connectivity index (χ3n) is 8.96. The fourth-order valence-electron chi connectivity index (χ4n) is 6.30. The summed E-state index contributed by atoms with van der Waals surface area (Å²) < 4.78 is 0. The molecule has 0 saturated heterocycles. The molecule has 2 aliphatic rings. The summed E-state index contributed by atoms with van der Waals surface area (Å²) in [5.41, 5.74) is 9.14. The van der Waals surface area contributed by atoms with E-state index in [0.717, 1.165) is 39.1 Å². The lowest BCUT2D eigenvalue weighted by molar-refractivity contribution is -0.141. The summed E-state index contributed by atoms with van der Waals surface area (Å²) in [5.74, 6) is -3.25. The molecule has 238 valence electrons. The van der Waals surface area contributed by atoms with Gasteiger partial charge in [0.15, 0.2) is 0 Å². The van der Waals surface area contributed by atoms with E-state index in [1.807, 2.05) is 52.8 Å². The molecule has 2 aliphatic heterocycles. The number of nitrogens with one attached hydrogen (secondary N) is 3. The van der Waals surface area contributed by atoms with Crippen molar-refractivity contribution in [3.8, 4) is 0 Å². The smallest absolute Gasteiger partial charge is 0.306 e. The molecule has 10 heteroatoms. The number of aromatic nitrogens is 2. The van der Waals surface area contributed by atoms with Gasteiger partial charge in [-0.05, 0) is 105 Å². The number of amides is 2. The summed E-state index contributed by atoms with van der Waals surface area (Å²) >= 11 is 0. The molecule has 10 nitrogen and oxygen atoms in total. The number of carbonyl (C=O) groups excluding carboxylic acids is 2. The summed E-state index contributed by atoms with van der Waals surface area (Å²) in [6.45, 7) is 14.9. The topological polar surface area (TPSA) is 165 Å². The summed E-state index contributed by atoms with van der Waals surface area (Å²) in [4.78, 5) is 59.6. The molecule has 0 fully saturated rings. The van der Waals surface area contributed by atoms with E-state index in [0.29, 0.717) is 51.8 Å². The van der Waals surface area contributed by atoms with Crippen LogP contribution in [0.25, 0.3) is 18.2 Å². The first kappa shape index (κ1) is 33.2. The van der Waals surface area contributed by atoms with Crippen LogP contribution in [0.2, 0.25) is 0 Å². The molecular formula is C35H42N4O6. The van der Waals surface area contributed by atoms with Gasteiger partial charge in [0, 0.05) is 38.9 Å². The highest BCUT2D eigenvalue weighted by Gasteiger charge is 2.26. The number of hydrogen-bond acceptors (Lipinski definition) is 4. The van der Waals surface area contributed by atoms with E-state index in [2.05, 4.69) is 20.3 Å². The number of carboxylic acids is 2. The van der Waals surface area contributed by atoms with Crippen molar-refractivity contribution in [3.63, 3.8) is 0 Å². The van der Waals surface area contributed by atoms with Crippen LogP contribution in [-0.4, -0.2) is 49.6 Å². The molecule has 4 rings (SSSR count). The molecule has 4 heterocycles. The lowest BCUT2D eigenvalue weighted by Gasteiger charge is -2.11. The summed E-state index contributed by atoms with van der Waals surface area (Å²) in [6, 6.07) is 0. The zero-order valence-corrected chi connectivity index (χ0v) is 27.2. The Bertz CT molecular complexity index is 1860. The standard InChI is InChI=1S/C35H42N4O6/c1-9-22-19(6)33(42)38-27(22)13-25-18(5)24(11-17(4)35(44)45)29(36-25)15-30-32(16(3)12-31(40)41)21(8)26(37-30)14-28-23(10-2)20(7)34(43)39-28/h13-17,36-37H,9-12H2,1-8H3,(H,39,43)(H,40,41)(H,44,45)/b25-13+,28-14+,29-15-/t16-,17+/m0/s1. The van der Waals surface area contributed by atoms with Gasteiger partial charge in [0.2, 0.25) is 0 Å². The quantitative estimate of drug-likeness (QED) is 0.253. The SMILES string of the molecule is CCC1=C(C)C(=O)N=C1/C=c1/[nH]/c(=C\c2[nH]c(/C=C3/NC(=O)C(C)=C3CC)c(C)c2[C@@H](C)CC(=O)O)c(C[C@@H](C)C(=O)O)c1C. The first-order chi connectivity index (χ1) is 21.2. The van der Waals surface area contributed by atoms with E-state index in [1.165, 1.54) is 0 Å². The zero-order valence-electron chi connectivity index (χ0n) is 27.2. The molecule has 0 radical (unpaired) electrons. The number of aliphatic imine (C=N–C) groups is 1. The molecule has 2 atom stereocenters. The van der Waals surface area contributed by atoms with Gasteiger partial charge in [0.1, 0.15) is 0 Å². The second-order valence-corrected chi connectivity index (χ2v) is 12.0. The van der Waals surface area contributed by atoms with Crippen molar-refractivity contribution in [3.05, 3.63) is 72.3 Å². The van der Waals surface area contributed by atoms with Gasteiger partial charge < -0.3 is 25.5 Å². The van der Waals surface area contributed by atoms with Gasteiger partial charge in [0.05, 0.1) is 18.1 Å².